The number of hydrazine groups is 1. The van der Waals surface area contributed by atoms with E-state index in [1.165, 1.54) is 0 Å². The van der Waals surface area contributed by atoms with Crippen LogP contribution in [-0.4, -0.2) is 23.8 Å². The van der Waals surface area contributed by atoms with Gasteiger partial charge in [0.05, 0.1) is 17.7 Å². The lowest BCUT2D eigenvalue weighted by atomic mass is 10.2. The molecule has 6 nitrogen and oxygen atoms in total. The molecule has 0 spiro atoms. The van der Waals surface area contributed by atoms with Gasteiger partial charge in [0, 0.05) is 8.59 Å². The van der Waals surface area contributed by atoms with Crippen LogP contribution in [0.4, 0.5) is 5.69 Å². The summed E-state index contributed by atoms with van der Waals surface area (Å²) in [5.41, 5.74) is 6.10. The Morgan fingerprint density at radius 1 is 1.12 bits per heavy atom. The van der Waals surface area contributed by atoms with Crippen molar-refractivity contribution in [2.45, 2.75) is 12.5 Å². The number of hydrogen-bond donors (Lipinski definition) is 2. The molecule has 0 saturated carbocycles. The predicted octanol–water partition coefficient (Wildman–Crippen LogP) is 2.51. The van der Waals surface area contributed by atoms with Crippen molar-refractivity contribution >= 4 is 57.6 Å². The molecule has 3 rings (SSSR count). The molecular weight excluding hydrogens is 457 g/mol. The highest BCUT2D eigenvalue weighted by atomic mass is 127. The summed E-state index contributed by atoms with van der Waals surface area (Å²) in [5.74, 6) is -1.13. The van der Waals surface area contributed by atoms with Crippen LogP contribution in [0.3, 0.4) is 0 Å². The minimum atomic E-state index is -0.812. The predicted molar refractivity (Wildman–Crippen MR) is 102 cm³/mol. The van der Waals surface area contributed by atoms with E-state index in [4.69, 9.17) is 11.6 Å². The number of carbonyl (C=O) groups excluding carboxylic acids is 3. The van der Waals surface area contributed by atoms with Crippen molar-refractivity contribution in [3.8, 4) is 0 Å². The van der Waals surface area contributed by atoms with Crippen molar-refractivity contribution in [1.29, 1.82) is 0 Å². The zero-order valence-electron chi connectivity index (χ0n) is 12.8. The van der Waals surface area contributed by atoms with Gasteiger partial charge in [-0.3, -0.25) is 19.8 Å². The Bertz CT molecular complexity index is 841. The number of rotatable bonds is 4. The van der Waals surface area contributed by atoms with Crippen molar-refractivity contribution in [1.82, 2.24) is 10.9 Å². The highest BCUT2D eigenvalue weighted by molar-refractivity contribution is 14.1. The Kier molecular flexibility index (Phi) is 5.36. The molecule has 1 aliphatic rings. The highest BCUT2D eigenvalue weighted by Gasteiger charge is 2.39. The quantitative estimate of drug-likeness (QED) is 0.410. The van der Waals surface area contributed by atoms with Gasteiger partial charge in [-0.25, -0.2) is 10.3 Å². The molecule has 2 aromatic rings. The first-order valence-corrected chi connectivity index (χ1v) is 8.86. The molecule has 1 aliphatic heterocycles. The smallest absolute Gasteiger partial charge is 0.266 e. The summed E-state index contributed by atoms with van der Waals surface area (Å²) in [5, 5.41) is 0.516. The molecule has 0 aromatic heterocycles. The highest BCUT2D eigenvalue weighted by Crippen LogP contribution is 2.24. The van der Waals surface area contributed by atoms with Gasteiger partial charge in [0.25, 0.3) is 11.8 Å². The average molecular weight is 470 g/mol. The van der Waals surface area contributed by atoms with Crippen LogP contribution < -0.4 is 15.8 Å². The number of benzene rings is 2. The Balaban J connectivity index is 1.67. The minimum Gasteiger partial charge on any atom is -0.287 e. The van der Waals surface area contributed by atoms with Gasteiger partial charge >= 0.3 is 0 Å². The Labute approximate surface area is 162 Å². The van der Waals surface area contributed by atoms with Gasteiger partial charge in [-0.15, -0.1) is 0 Å². The molecule has 8 heteroatoms. The third-order valence-electron chi connectivity index (χ3n) is 3.71. The SMILES string of the molecule is O=C(NN[C@H]1CC(=O)N(c2ccc(Cl)cc2)C1=O)c1ccccc1I. The summed E-state index contributed by atoms with van der Waals surface area (Å²) in [4.78, 5) is 37.9. The Morgan fingerprint density at radius 3 is 2.48 bits per heavy atom. The summed E-state index contributed by atoms with van der Waals surface area (Å²) in [6.07, 6.45) is -0.0341. The molecule has 1 atom stereocenters. The molecule has 0 aliphatic carbocycles. The zero-order valence-corrected chi connectivity index (χ0v) is 15.7. The van der Waals surface area contributed by atoms with E-state index in [0.29, 0.717) is 16.3 Å². The van der Waals surface area contributed by atoms with E-state index in [0.717, 1.165) is 8.47 Å². The normalized spacial score (nSPS) is 17.0. The van der Waals surface area contributed by atoms with Gasteiger partial charge in [-0.1, -0.05) is 23.7 Å². The van der Waals surface area contributed by atoms with Crippen LogP contribution in [-0.2, 0) is 9.59 Å². The number of imide groups is 1. The van der Waals surface area contributed by atoms with Crippen molar-refractivity contribution < 1.29 is 14.4 Å². The summed E-state index contributed by atoms with van der Waals surface area (Å²) in [6.45, 7) is 0. The van der Waals surface area contributed by atoms with E-state index in [9.17, 15) is 14.4 Å². The summed E-state index contributed by atoms with van der Waals surface area (Å²) in [6, 6.07) is 12.7. The topological polar surface area (TPSA) is 78.5 Å². The van der Waals surface area contributed by atoms with Crippen LogP contribution in [0.15, 0.2) is 48.5 Å². The monoisotopic (exact) mass is 469 g/mol. The maximum atomic E-state index is 12.5. The number of amides is 3. The second kappa shape index (κ2) is 7.51. The second-order valence-electron chi connectivity index (χ2n) is 5.38. The van der Waals surface area contributed by atoms with E-state index in [2.05, 4.69) is 33.4 Å². The molecule has 0 radical (unpaired) electrons. The first-order valence-electron chi connectivity index (χ1n) is 7.40. The van der Waals surface area contributed by atoms with Crippen LogP contribution in [0, 0.1) is 3.57 Å². The maximum absolute atomic E-state index is 12.5. The molecule has 2 N–H and O–H groups in total. The molecule has 3 amide bonds. The minimum absolute atomic E-state index is 0.0341. The lowest BCUT2D eigenvalue weighted by molar-refractivity contribution is -0.121. The number of nitrogens with zero attached hydrogens (tertiary/aromatic N) is 1. The van der Waals surface area contributed by atoms with Crippen LogP contribution in [0.1, 0.15) is 16.8 Å². The lowest BCUT2D eigenvalue weighted by Crippen LogP contribution is -2.48. The molecule has 1 fully saturated rings. The van der Waals surface area contributed by atoms with Crippen LogP contribution in [0.25, 0.3) is 0 Å². The molecule has 1 heterocycles. The van der Waals surface area contributed by atoms with E-state index >= 15 is 0 Å². The number of anilines is 1. The third-order valence-corrected chi connectivity index (χ3v) is 4.90. The summed E-state index contributed by atoms with van der Waals surface area (Å²) >= 11 is 7.88. The van der Waals surface area contributed by atoms with Gasteiger partial charge in [0.1, 0.15) is 6.04 Å². The number of halogens is 2. The fourth-order valence-electron chi connectivity index (χ4n) is 2.47. The van der Waals surface area contributed by atoms with Crippen molar-refractivity contribution in [3.63, 3.8) is 0 Å². The van der Waals surface area contributed by atoms with Crippen LogP contribution in [0.5, 0.6) is 0 Å². The Hall–Kier alpha value is -1.97. The molecule has 128 valence electrons. The second-order valence-corrected chi connectivity index (χ2v) is 6.98. The average Bonchev–Trinajstić information content (AvgIpc) is 2.88. The number of carbonyl (C=O) groups is 3. The maximum Gasteiger partial charge on any atom is 0.266 e. The van der Waals surface area contributed by atoms with Crippen molar-refractivity contribution in [2.75, 3.05) is 4.90 Å². The summed E-state index contributed by atoms with van der Waals surface area (Å²) < 4.78 is 0.788. The largest absolute Gasteiger partial charge is 0.287 e. The lowest BCUT2D eigenvalue weighted by Gasteiger charge is -2.16. The van der Waals surface area contributed by atoms with Gasteiger partial charge < -0.3 is 0 Å². The molecule has 2 aromatic carbocycles. The zero-order chi connectivity index (χ0) is 18.0. The van der Waals surface area contributed by atoms with Gasteiger partial charge in [0.15, 0.2) is 0 Å². The molecule has 1 saturated heterocycles. The fraction of sp³-hybridized carbons (Fsp3) is 0.118. The first-order chi connectivity index (χ1) is 12.0. The Morgan fingerprint density at radius 2 is 1.80 bits per heavy atom. The first kappa shape index (κ1) is 17.8. The number of hydrogen-bond acceptors (Lipinski definition) is 4. The van der Waals surface area contributed by atoms with Crippen LogP contribution >= 0.6 is 34.2 Å². The fourth-order valence-corrected chi connectivity index (χ4v) is 3.23. The summed E-state index contributed by atoms with van der Waals surface area (Å²) in [7, 11) is 0. The van der Waals surface area contributed by atoms with E-state index < -0.39 is 11.9 Å². The van der Waals surface area contributed by atoms with Crippen LogP contribution in [0.2, 0.25) is 5.02 Å². The van der Waals surface area contributed by atoms with Gasteiger partial charge in [-0.05, 0) is 59.0 Å². The standard InChI is InChI=1S/C17H13ClIN3O3/c18-10-5-7-11(8-6-10)22-15(23)9-14(17(22)25)20-21-16(24)12-3-1-2-4-13(12)19/h1-8,14,20H,9H2,(H,21,24)/t14-/m0/s1. The van der Waals surface area contributed by atoms with Gasteiger partial charge in [0.2, 0.25) is 5.91 Å². The third kappa shape index (κ3) is 3.83. The number of nitrogens with one attached hydrogen (secondary N) is 2. The molecular formula is C17H13ClIN3O3. The molecule has 0 unspecified atom stereocenters. The van der Waals surface area contributed by atoms with Crippen molar-refractivity contribution in [2.24, 2.45) is 0 Å². The van der Waals surface area contributed by atoms with Crippen molar-refractivity contribution in [3.05, 3.63) is 62.7 Å². The molecule has 25 heavy (non-hydrogen) atoms. The van der Waals surface area contributed by atoms with E-state index in [1.54, 1.807) is 36.4 Å². The van der Waals surface area contributed by atoms with E-state index in [1.807, 2.05) is 12.1 Å². The molecule has 0 bridgehead atoms. The van der Waals surface area contributed by atoms with E-state index in [-0.39, 0.29) is 18.2 Å². The van der Waals surface area contributed by atoms with Gasteiger partial charge in [-0.2, -0.15) is 0 Å².